The van der Waals surface area contributed by atoms with Crippen LogP contribution in [0.1, 0.15) is 110 Å². The van der Waals surface area contributed by atoms with Crippen LogP contribution in [0.2, 0.25) is 0 Å². The van der Waals surface area contributed by atoms with Crippen molar-refractivity contribution in [3.63, 3.8) is 0 Å². The average molecular weight is 705 g/mol. The highest BCUT2D eigenvalue weighted by Crippen LogP contribution is 2.44. The molecule has 11 heteroatoms. The number of hydrogen-bond acceptors (Lipinski definition) is 7. The second-order valence-corrected chi connectivity index (χ2v) is 16.7. The second-order valence-electron chi connectivity index (χ2n) is 16.7. The van der Waals surface area contributed by atoms with Gasteiger partial charge in [0.25, 0.3) is 0 Å². The Kier molecular flexibility index (Phi) is 8.04. The number of nitrogens with zero attached hydrogens (tertiary/aromatic N) is 4. The van der Waals surface area contributed by atoms with Gasteiger partial charge in [-0.1, -0.05) is 18.2 Å². The summed E-state index contributed by atoms with van der Waals surface area (Å²) in [6, 6.07) is 14.7. The smallest absolute Gasteiger partial charge is 0.411 e. The predicted octanol–water partition coefficient (Wildman–Crippen LogP) is 9.59. The first-order valence-electron chi connectivity index (χ1n) is 18.4. The maximum atomic E-state index is 13.2. The molecule has 0 spiro atoms. The van der Waals surface area contributed by atoms with Gasteiger partial charge in [-0.25, -0.2) is 19.6 Å². The normalized spacial score (nSPS) is 21.7. The van der Waals surface area contributed by atoms with Crippen LogP contribution >= 0.6 is 0 Å². The molecule has 272 valence electrons. The first kappa shape index (κ1) is 34.0. The fourth-order valence-corrected chi connectivity index (χ4v) is 8.03. The number of rotatable bonds is 3. The lowest BCUT2D eigenvalue weighted by atomic mass is 9.92. The zero-order valence-corrected chi connectivity index (χ0v) is 31.3. The molecular formula is C41H48N6O5. The zero-order valence-electron chi connectivity index (χ0n) is 31.3. The molecule has 0 aliphatic carbocycles. The molecule has 11 nitrogen and oxygen atoms in total. The van der Waals surface area contributed by atoms with Gasteiger partial charge in [0.1, 0.15) is 35.2 Å². The molecule has 5 heterocycles. The van der Waals surface area contributed by atoms with E-state index in [1.54, 1.807) is 0 Å². The van der Waals surface area contributed by atoms with Crippen molar-refractivity contribution in [3.05, 3.63) is 65.9 Å². The van der Waals surface area contributed by atoms with E-state index in [1.165, 1.54) is 0 Å². The Morgan fingerprint density at radius 2 is 1.44 bits per heavy atom. The summed E-state index contributed by atoms with van der Waals surface area (Å²) in [6.45, 7) is 15.9. The molecule has 2 aromatic heterocycles. The fourth-order valence-electron chi connectivity index (χ4n) is 8.03. The number of carbonyl (C=O) groups excluding carboxylic acids is 2. The summed E-state index contributed by atoms with van der Waals surface area (Å²) >= 11 is 0. The van der Waals surface area contributed by atoms with Gasteiger partial charge in [0, 0.05) is 23.0 Å². The van der Waals surface area contributed by atoms with E-state index in [1.807, 2.05) is 57.5 Å². The van der Waals surface area contributed by atoms with Gasteiger partial charge in [-0.2, -0.15) is 0 Å². The summed E-state index contributed by atoms with van der Waals surface area (Å²) in [6.07, 6.45) is 4.66. The molecule has 2 N–H and O–H groups in total. The highest BCUT2D eigenvalue weighted by molar-refractivity contribution is 6.07. The van der Waals surface area contributed by atoms with Gasteiger partial charge in [-0.3, -0.25) is 9.80 Å². The summed E-state index contributed by atoms with van der Waals surface area (Å²) in [5.74, 6) is 2.36. The number of ether oxygens (including phenoxy) is 3. The lowest BCUT2D eigenvalue weighted by molar-refractivity contribution is 0.0141. The molecule has 8 rings (SSSR count). The van der Waals surface area contributed by atoms with Gasteiger partial charge in [-0.15, -0.1) is 0 Å². The molecule has 0 bridgehead atoms. The number of hydrogen-bond donors (Lipinski definition) is 2. The summed E-state index contributed by atoms with van der Waals surface area (Å²) < 4.78 is 17.9. The van der Waals surface area contributed by atoms with Crippen LogP contribution in [-0.2, 0) is 16.1 Å². The number of nitrogens with one attached hydrogen (secondary N) is 2. The number of likely N-dealkylation sites (tertiary alicyclic amines) is 2. The Labute approximate surface area is 304 Å². The lowest BCUT2D eigenvalue weighted by Crippen LogP contribution is -2.40. The molecule has 0 radical (unpaired) electrons. The zero-order chi connectivity index (χ0) is 36.7. The van der Waals surface area contributed by atoms with Crippen LogP contribution < -0.4 is 4.74 Å². The first-order chi connectivity index (χ1) is 24.6. The van der Waals surface area contributed by atoms with Crippen molar-refractivity contribution < 1.29 is 23.8 Å². The molecule has 3 aliphatic heterocycles. The third-order valence-electron chi connectivity index (χ3n) is 10.4. The summed E-state index contributed by atoms with van der Waals surface area (Å²) in [5, 5.41) is 2.06. The van der Waals surface area contributed by atoms with E-state index in [4.69, 9.17) is 24.2 Å². The molecule has 2 saturated heterocycles. The fraction of sp³-hybridized carbons (Fsp3) is 0.463. The molecule has 52 heavy (non-hydrogen) atoms. The van der Waals surface area contributed by atoms with Crippen molar-refractivity contribution in [1.29, 1.82) is 0 Å². The molecular weight excluding hydrogens is 656 g/mol. The third-order valence-corrected chi connectivity index (χ3v) is 10.4. The number of amides is 2. The number of aromatic amines is 2. The minimum absolute atomic E-state index is 0.0618. The number of fused-ring (bicyclic) bond motifs is 6. The average Bonchev–Trinajstić information content (AvgIpc) is 3.87. The van der Waals surface area contributed by atoms with E-state index in [0.29, 0.717) is 6.61 Å². The van der Waals surface area contributed by atoms with Gasteiger partial charge in [0.2, 0.25) is 0 Å². The van der Waals surface area contributed by atoms with Crippen LogP contribution in [0, 0.1) is 0 Å². The van der Waals surface area contributed by atoms with E-state index in [0.717, 1.165) is 92.8 Å². The standard InChI is InChI=1S/C41H48N6O5/c1-22-9-15-32(46(22)38(48)51-40(3,4)5)36-42-20-31(44-36)25-11-13-27-26(17-25)21-50-34-19-28-24(18-29(27)34)12-14-30-35(28)45-37(43-30)33-16-10-23(2)47(33)39(49)52-41(6,7)8/h11-14,17-20,22-23,32-33H,9-10,15-16,21H2,1-8H3,(H,42,44)(H,43,45). The van der Waals surface area contributed by atoms with Crippen molar-refractivity contribution in [2.75, 3.05) is 0 Å². The van der Waals surface area contributed by atoms with E-state index in [-0.39, 0.29) is 36.4 Å². The molecule has 4 atom stereocenters. The Bertz CT molecular complexity index is 2210. The summed E-state index contributed by atoms with van der Waals surface area (Å²) in [4.78, 5) is 46.8. The Morgan fingerprint density at radius 1 is 0.788 bits per heavy atom. The van der Waals surface area contributed by atoms with Crippen molar-refractivity contribution in [2.45, 2.75) is 123 Å². The number of carbonyl (C=O) groups is 2. The van der Waals surface area contributed by atoms with Crippen molar-refractivity contribution >= 4 is 34.0 Å². The van der Waals surface area contributed by atoms with Crippen LogP contribution in [0.15, 0.2) is 48.7 Å². The molecule has 3 aromatic carbocycles. The van der Waals surface area contributed by atoms with E-state index in [9.17, 15) is 9.59 Å². The lowest BCUT2D eigenvalue weighted by Gasteiger charge is -2.30. The molecule has 2 fully saturated rings. The SMILES string of the molecule is CC1CCC(c2ncc(-c3ccc4c(c3)COc3cc5c(ccc6[nH]c(C7CCC(C)N7C(=O)OC(C)(C)C)nc65)cc3-4)[nH]2)N1C(=O)OC(C)(C)C. The maximum absolute atomic E-state index is 13.2. The molecule has 4 unspecified atom stereocenters. The van der Waals surface area contributed by atoms with Crippen LogP contribution in [0.4, 0.5) is 9.59 Å². The number of H-pyrrole nitrogens is 2. The molecule has 3 aliphatic rings. The predicted molar refractivity (Wildman–Crippen MR) is 200 cm³/mol. The minimum Gasteiger partial charge on any atom is -0.488 e. The number of imidazole rings is 2. The topological polar surface area (TPSA) is 126 Å². The maximum Gasteiger partial charge on any atom is 0.411 e. The largest absolute Gasteiger partial charge is 0.488 e. The number of benzene rings is 3. The van der Waals surface area contributed by atoms with Crippen molar-refractivity contribution in [3.8, 4) is 28.1 Å². The van der Waals surface area contributed by atoms with Gasteiger partial charge >= 0.3 is 12.2 Å². The highest BCUT2D eigenvalue weighted by Gasteiger charge is 2.41. The van der Waals surface area contributed by atoms with E-state index < -0.39 is 11.2 Å². The molecule has 0 saturated carbocycles. The Morgan fingerprint density at radius 3 is 2.10 bits per heavy atom. The molecule has 5 aromatic rings. The van der Waals surface area contributed by atoms with Crippen LogP contribution in [-0.4, -0.2) is 65.2 Å². The minimum atomic E-state index is -0.572. The monoisotopic (exact) mass is 704 g/mol. The second kappa shape index (κ2) is 12.3. The summed E-state index contributed by atoms with van der Waals surface area (Å²) in [7, 11) is 0. The third kappa shape index (κ3) is 6.13. The number of aromatic nitrogens is 4. The highest BCUT2D eigenvalue weighted by atomic mass is 16.6. The Hall–Kier alpha value is -5.06. The van der Waals surface area contributed by atoms with E-state index in [2.05, 4.69) is 66.3 Å². The van der Waals surface area contributed by atoms with Crippen LogP contribution in [0.5, 0.6) is 5.75 Å². The van der Waals surface area contributed by atoms with Gasteiger partial charge in [-0.05, 0) is 127 Å². The van der Waals surface area contributed by atoms with Gasteiger partial charge in [0.05, 0.1) is 35.0 Å². The van der Waals surface area contributed by atoms with Crippen LogP contribution in [0.25, 0.3) is 44.2 Å². The van der Waals surface area contributed by atoms with Gasteiger partial charge < -0.3 is 24.2 Å². The van der Waals surface area contributed by atoms with E-state index >= 15 is 0 Å². The van der Waals surface area contributed by atoms with Crippen molar-refractivity contribution in [1.82, 2.24) is 29.7 Å². The first-order valence-corrected chi connectivity index (χ1v) is 18.4. The van der Waals surface area contributed by atoms with Gasteiger partial charge in [0.15, 0.2) is 0 Å². The van der Waals surface area contributed by atoms with Crippen molar-refractivity contribution in [2.24, 2.45) is 0 Å². The summed E-state index contributed by atoms with van der Waals surface area (Å²) in [5.41, 5.74) is 5.80. The van der Waals surface area contributed by atoms with Crippen LogP contribution in [0.3, 0.4) is 0 Å². The quantitative estimate of drug-likeness (QED) is 0.192. The molecule has 2 amide bonds. The Balaban J connectivity index is 1.07.